The molecule has 130 valence electrons. The molecule has 1 atom stereocenters. The second-order valence-electron chi connectivity index (χ2n) is 6.71. The van der Waals surface area contributed by atoms with Crippen molar-refractivity contribution in [3.63, 3.8) is 0 Å². The molecule has 4 rings (SSSR count). The van der Waals surface area contributed by atoms with Crippen LogP contribution in [0.2, 0.25) is 0 Å². The van der Waals surface area contributed by atoms with Crippen molar-refractivity contribution in [2.75, 3.05) is 44.7 Å². The minimum absolute atomic E-state index is 0.0600. The zero-order chi connectivity index (χ0) is 17.2. The Bertz CT molecular complexity index is 752. The van der Waals surface area contributed by atoms with Crippen LogP contribution in [0.15, 0.2) is 48.5 Å². The lowest BCUT2D eigenvalue weighted by Gasteiger charge is -2.34. The lowest BCUT2D eigenvalue weighted by atomic mass is 10.1. The van der Waals surface area contributed by atoms with Gasteiger partial charge in [0.1, 0.15) is 12.4 Å². The molecule has 0 bridgehead atoms. The van der Waals surface area contributed by atoms with Gasteiger partial charge in [0.15, 0.2) is 0 Å². The summed E-state index contributed by atoms with van der Waals surface area (Å²) in [6, 6.07) is 15.7. The number of anilines is 1. The summed E-state index contributed by atoms with van der Waals surface area (Å²) in [4.78, 5) is 17.3. The maximum Gasteiger partial charge on any atom is 0.251 e. The van der Waals surface area contributed by atoms with Crippen molar-refractivity contribution in [3.05, 3.63) is 59.7 Å². The van der Waals surface area contributed by atoms with Gasteiger partial charge >= 0.3 is 0 Å². The van der Waals surface area contributed by atoms with E-state index in [2.05, 4.69) is 22.2 Å². The highest BCUT2D eigenvalue weighted by Gasteiger charge is 2.25. The van der Waals surface area contributed by atoms with Crippen LogP contribution in [0, 0.1) is 0 Å². The molecule has 2 aliphatic heterocycles. The molecule has 0 saturated carbocycles. The predicted molar refractivity (Wildman–Crippen MR) is 98.3 cm³/mol. The summed E-state index contributed by atoms with van der Waals surface area (Å²) in [7, 11) is 2.15. The highest BCUT2D eigenvalue weighted by Crippen LogP contribution is 2.31. The van der Waals surface area contributed by atoms with Crippen LogP contribution < -0.4 is 15.0 Å². The molecule has 1 N–H and O–H groups in total. The number of rotatable bonds is 3. The quantitative estimate of drug-likeness (QED) is 0.933. The lowest BCUT2D eigenvalue weighted by molar-refractivity contribution is 0.0930. The Kier molecular flexibility index (Phi) is 4.32. The van der Waals surface area contributed by atoms with Gasteiger partial charge in [0.2, 0.25) is 0 Å². The van der Waals surface area contributed by atoms with Crippen molar-refractivity contribution in [2.24, 2.45) is 0 Å². The van der Waals surface area contributed by atoms with Gasteiger partial charge in [-0.1, -0.05) is 18.2 Å². The zero-order valence-corrected chi connectivity index (χ0v) is 14.4. The van der Waals surface area contributed by atoms with Crippen LogP contribution in [-0.4, -0.2) is 50.6 Å². The molecular formula is C20H23N3O2. The first-order valence-corrected chi connectivity index (χ1v) is 8.77. The Morgan fingerprint density at radius 2 is 1.76 bits per heavy atom. The molecule has 0 spiro atoms. The van der Waals surface area contributed by atoms with Gasteiger partial charge in [0, 0.05) is 43.0 Å². The van der Waals surface area contributed by atoms with Gasteiger partial charge in [-0.25, -0.2) is 0 Å². The van der Waals surface area contributed by atoms with Crippen molar-refractivity contribution >= 4 is 11.6 Å². The molecule has 0 radical (unpaired) electrons. The van der Waals surface area contributed by atoms with Crippen molar-refractivity contribution in [2.45, 2.75) is 6.04 Å². The Hall–Kier alpha value is -2.53. The van der Waals surface area contributed by atoms with Gasteiger partial charge in [-0.05, 0) is 37.4 Å². The van der Waals surface area contributed by atoms with E-state index in [9.17, 15) is 4.79 Å². The third-order valence-electron chi connectivity index (χ3n) is 5.00. The summed E-state index contributed by atoms with van der Waals surface area (Å²) in [5, 5.41) is 3.07. The van der Waals surface area contributed by atoms with Gasteiger partial charge in [-0.15, -0.1) is 0 Å². The van der Waals surface area contributed by atoms with E-state index in [4.69, 9.17) is 4.74 Å². The molecule has 2 aromatic carbocycles. The monoisotopic (exact) mass is 337 g/mol. The van der Waals surface area contributed by atoms with E-state index < -0.39 is 0 Å². The number of nitrogens with zero attached hydrogens (tertiary/aromatic N) is 2. The lowest BCUT2D eigenvalue weighted by Crippen LogP contribution is -2.44. The van der Waals surface area contributed by atoms with E-state index >= 15 is 0 Å². The second kappa shape index (κ2) is 6.76. The number of carbonyl (C=O) groups is 1. The molecule has 0 aromatic heterocycles. The highest BCUT2D eigenvalue weighted by atomic mass is 16.5. The minimum Gasteiger partial charge on any atom is -0.491 e. The van der Waals surface area contributed by atoms with Gasteiger partial charge in [0.25, 0.3) is 5.91 Å². The van der Waals surface area contributed by atoms with E-state index in [1.807, 2.05) is 48.5 Å². The second-order valence-corrected chi connectivity index (χ2v) is 6.71. The number of hydrogen-bond donors (Lipinski definition) is 1. The smallest absolute Gasteiger partial charge is 0.251 e. The molecule has 25 heavy (non-hydrogen) atoms. The van der Waals surface area contributed by atoms with Gasteiger partial charge in [0.05, 0.1) is 6.04 Å². The number of ether oxygens (including phenoxy) is 1. The average Bonchev–Trinajstić information content (AvgIpc) is 3.06. The molecule has 0 aliphatic carbocycles. The summed E-state index contributed by atoms with van der Waals surface area (Å²) in [6.07, 6.45) is 0. The zero-order valence-electron chi connectivity index (χ0n) is 14.4. The third-order valence-corrected chi connectivity index (χ3v) is 5.00. The predicted octanol–water partition coefficient (Wildman–Crippen LogP) is 2.30. The Morgan fingerprint density at radius 3 is 2.52 bits per heavy atom. The molecule has 0 unspecified atom stereocenters. The van der Waals surface area contributed by atoms with Crippen LogP contribution in [0.25, 0.3) is 0 Å². The summed E-state index contributed by atoms with van der Waals surface area (Å²) < 4.78 is 5.63. The fourth-order valence-electron chi connectivity index (χ4n) is 3.41. The third kappa shape index (κ3) is 3.33. The number of piperazine rings is 1. The Labute approximate surface area is 148 Å². The fourth-order valence-corrected chi connectivity index (χ4v) is 3.41. The van der Waals surface area contributed by atoms with Crippen molar-refractivity contribution in [3.8, 4) is 5.75 Å². The Balaban J connectivity index is 1.41. The van der Waals surface area contributed by atoms with Crippen LogP contribution in [0.3, 0.4) is 0 Å². The average molecular weight is 337 g/mol. The number of para-hydroxylation sites is 1. The summed E-state index contributed by atoms with van der Waals surface area (Å²) in [5.74, 6) is 0.799. The van der Waals surface area contributed by atoms with Crippen molar-refractivity contribution in [1.29, 1.82) is 0 Å². The molecular weight excluding hydrogens is 314 g/mol. The molecule has 2 aliphatic rings. The topological polar surface area (TPSA) is 44.8 Å². The number of fused-ring (bicyclic) bond motifs is 1. The molecule has 1 saturated heterocycles. The number of hydrogen-bond acceptors (Lipinski definition) is 4. The van der Waals surface area contributed by atoms with E-state index in [0.29, 0.717) is 12.2 Å². The maximum atomic E-state index is 12.6. The number of amides is 1. The first kappa shape index (κ1) is 16.0. The molecule has 2 aromatic rings. The van der Waals surface area contributed by atoms with E-state index in [0.717, 1.165) is 37.5 Å². The maximum absolute atomic E-state index is 12.6. The van der Waals surface area contributed by atoms with Crippen LogP contribution in [0.1, 0.15) is 22.0 Å². The Morgan fingerprint density at radius 1 is 1.04 bits per heavy atom. The van der Waals surface area contributed by atoms with Crippen LogP contribution in [0.4, 0.5) is 5.69 Å². The molecule has 2 heterocycles. The summed E-state index contributed by atoms with van der Waals surface area (Å²) in [6.45, 7) is 4.69. The van der Waals surface area contributed by atoms with Crippen molar-refractivity contribution < 1.29 is 9.53 Å². The van der Waals surface area contributed by atoms with Crippen molar-refractivity contribution in [1.82, 2.24) is 10.2 Å². The number of likely N-dealkylation sites (N-methyl/N-ethyl adjacent to an activating group) is 1. The first-order valence-electron chi connectivity index (χ1n) is 8.77. The van der Waals surface area contributed by atoms with E-state index in [-0.39, 0.29) is 11.9 Å². The normalized spacial score (nSPS) is 20.0. The van der Waals surface area contributed by atoms with E-state index in [1.165, 1.54) is 5.69 Å². The molecule has 5 heteroatoms. The van der Waals surface area contributed by atoms with Gasteiger partial charge < -0.3 is 19.9 Å². The van der Waals surface area contributed by atoms with E-state index in [1.54, 1.807) is 0 Å². The van der Waals surface area contributed by atoms with Gasteiger partial charge in [-0.3, -0.25) is 4.79 Å². The SMILES string of the molecule is CN1CCN(c2ccc(C(=O)N[C@@H]3COc4ccccc43)cc2)CC1. The van der Waals surface area contributed by atoms with Crippen LogP contribution in [-0.2, 0) is 0 Å². The first-order chi connectivity index (χ1) is 12.2. The minimum atomic E-state index is -0.0824. The van der Waals surface area contributed by atoms with Crippen LogP contribution in [0.5, 0.6) is 5.75 Å². The standard InChI is InChI=1S/C20H23N3O2/c1-22-10-12-23(13-11-22)16-8-6-15(7-9-16)20(24)21-18-14-25-19-5-3-2-4-17(18)19/h2-9,18H,10-14H2,1H3,(H,21,24)/t18-/m1/s1. The number of carbonyl (C=O) groups excluding carboxylic acids is 1. The van der Waals surface area contributed by atoms with Crippen LogP contribution >= 0.6 is 0 Å². The fraction of sp³-hybridized carbons (Fsp3) is 0.350. The number of nitrogens with one attached hydrogen (secondary N) is 1. The summed E-state index contributed by atoms with van der Waals surface area (Å²) >= 11 is 0. The molecule has 1 fully saturated rings. The summed E-state index contributed by atoms with van der Waals surface area (Å²) in [5.41, 5.74) is 2.91. The molecule has 5 nitrogen and oxygen atoms in total. The number of benzene rings is 2. The van der Waals surface area contributed by atoms with Gasteiger partial charge in [-0.2, -0.15) is 0 Å². The largest absolute Gasteiger partial charge is 0.491 e. The highest BCUT2D eigenvalue weighted by molar-refractivity contribution is 5.94. The molecule has 1 amide bonds.